The van der Waals surface area contributed by atoms with Crippen molar-refractivity contribution >= 4 is 25.9 Å². The molecule has 0 saturated heterocycles. The number of halogens is 1. The van der Waals surface area contributed by atoms with Crippen molar-refractivity contribution in [1.29, 1.82) is 0 Å². The SMILES string of the molecule is CC(C)(C)[Si](C)(C)Oc1cc(Cl)cc(C(=O)OCc2ccccc2)c1. The van der Waals surface area contributed by atoms with Gasteiger partial charge in [0.15, 0.2) is 0 Å². The summed E-state index contributed by atoms with van der Waals surface area (Å²) < 4.78 is 11.6. The minimum absolute atomic E-state index is 0.0588. The Kier molecular flexibility index (Phi) is 5.96. The maximum Gasteiger partial charge on any atom is 0.338 e. The molecule has 0 aliphatic rings. The Bertz CT molecular complexity index is 736. The van der Waals surface area contributed by atoms with Crippen LogP contribution < -0.4 is 4.43 Å². The van der Waals surface area contributed by atoms with Crippen LogP contribution in [-0.4, -0.2) is 14.3 Å². The summed E-state index contributed by atoms with van der Waals surface area (Å²) in [4.78, 5) is 12.4. The molecule has 0 saturated carbocycles. The van der Waals surface area contributed by atoms with Crippen LogP contribution in [0.5, 0.6) is 5.75 Å². The zero-order valence-electron chi connectivity index (χ0n) is 15.4. The lowest BCUT2D eigenvalue weighted by atomic mass is 10.2. The molecule has 2 rings (SSSR count). The van der Waals surface area contributed by atoms with Gasteiger partial charge in [-0.3, -0.25) is 0 Å². The third-order valence-corrected chi connectivity index (χ3v) is 9.08. The third-order valence-electron chi connectivity index (χ3n) is 4.50. The summed E-state index contributed by atoms with van der Waals surface area (Å²) >= 11 is 6.18. The van der Waals surface area contributed by atoms with E-state index in [1.165, 1.54) is 0 Å². The standard InChI is InChI=1S/C20H25ClO3Si/c1-20(2,3)25(4,5)24-18-12-16(11-17(21)13-18)19(22)23-14-15-9-7-6-8-10-15/h6-13H,14H2,1-5H3. The van der Waals surface area contributed by atoms with Crippen LogP contribution >= 0.6 is 11.6 Å². The summed E-state index contributed by atoms with van der Waals surface area (Å²) in [5.41, 5.74) is 1.34. The van der Waals surface area contributed by atoms with Gasteiger partial charge in [-0.2, -0.15) is 0 Å². The molecule has 0 unspecified atom stereocenters. The molecule has 134 valence electrons. The van der Waals surface area contributed by atoms with Gasteiger partial charge in [0.1, 0.15) is 12.4 Å². The zero-order chi connectivity index (χ0) is 18.7. The lowest BCUT2D eigenvalue weighted by molar-refractivity contribution is 0.0472. The minimum atomic E-state index is -2.01. The van der Waals surface area contributed by atoms with Crippen molar-refractivity contribution in [3.8, 4) is 5.75 Å². The van der Waals surface area contributed by atoms with Gasteiger partial charge in [-0.1, -0.05) is 62.7 Å². The predicted octanol–water partition coefficient (Wildman–Crippen LogP) is 6.08. The molecule has 0 aliphatic heterocycles. The molecule has 0 amide bonds. The highest BCUT2D eigenvalue weighted by Gasteiger charge is 2.39. The molecule has 0 aromatic heterocycles. The fourth-order valence-electron chi connectivity index (χ4n) is 1.99. The maximum atomic E-state index is 12.4. The van der Waals surface area contributed by atoms with Crippen molar-refractivity contribution in [3.63, 3.8) is 0 Å². The molecule has 0 fully saturated rings. The maximum absolute atomic E-state index is 12.4. The molecule has 3 nitrogen and oxygen atoms in total. The number of hydrogen-bond donors (Lipinski definition) is 0. The van der Waals surface area contributed by atoms with Crippen molar-refractivity contribution in [2.75, 3.05) is 0 Å². The second kappa shape index (κ2) is 7.62. The summed E-state index contributed by atoms with van der Waals surface area (Å²) in [5.74, 6) is 0.206. The Morgan fingerprint density at radius 1 is 1.08 bits per heavy atom. The average molecular weight is 377 g/mol. The van der Waals surface area contributed by atoms with Crippen LogP contribution in [0.2, 0.25) is 23.2 Å². The Balaban J connectivity index is 2.14. The number of esters is 1. The first kappa shape index (κ1) is 19.5. The first-order chi connectivity index (χ1) is 11.6. The van der Waals surface area contributed by atoms with Crippen molar-refractivity contribution in [1.82, 2.24) is 0 Å². The van der Waals surface area contributed by atoms with E-state index in [2.05, 4.69) is 33.9 Å². The number of rotatable bonds is 5. The monoisotopic (exact) mass is 376 g/mol. The van der Waals surface area contributed by atoms with Crippen molar-refractivity contribution in [2.24, 2.45) is 0 Å². The Labute approximate surface area is 156 Å². The molecule has 0 spiro atoms. The highest BCUT2D eigenvalue weighted by atomic mass is 35.5. The van der Waals surface area contributed by atoms with Crippen molar-refractivity contribution in [2.45, 2.75) is 45.5 Å². The van der Waals surface area contributed by atoms with Gasteiger partial charge in [0.05, 0.1) is 5.56 Å². The van der Waals surface area contributed by atoms with Crippen LogP contribution in [0.15, 0.2) is 48.5 Å². The second-order valence-corrected chi connectivity index (χ2v) is 12.8. The van der Waals surface area contributed by atoms with Crippen LogP contribution in [0.25, 0.3) is 0 Å². The van der Waals surface area contributed by atoms with E-state index in [4.69, 9.17) is 20.8 Å². The van der Waals surface area contributed by atoms with Crippen LogP contribution in [0.3, 0.4) is 0 Å². The molecule has 25 heavy (non-hydrogen) atoms. The number of carbonyl (C=O) groups excluding carboxylic acids is 1. The number of hydrogen-bond acceptors (Lipinski definition) is 3. The lowest BCUT2D eigenvalue weighted by Gasteiger charge is -2.36. The molecular weight excluding hydrogens is 352 g/mol. The molecule has 0 atom stereocenters. The molecule has 0 N–H and O–H groups in total. The van der Waals surface area contributed by atoms with Gasteiger partial charge in [-0.25, -0.2) is 4.79 Å². The minimum Gasteiger partial charge on any atom is -0.543 e. The molecule has 5 heteroatoms. The van der Waals surface area contributed by atoms with E-state index in [1.54, 1.807) is 18.2 Å². The van der Waals surface area contributed by atoms with Gasteiger partial charge in [0.25, 0.3) is 0 Å². The Morgan fingerprint density at radius 3 is 2.32 bits per heavy atom. The van der Waals surface area contributed by atoms with E-state index >= 15 is 0 Å². The van der Waals surface area contributed by atoms with E-state index in [-0.39, 0.29) is 11.6 Å². The van der Waals surface area contributed by atoms with E-state index in [1.807, 2.05) is 30.3 Å². The summed E-state index contributed by atoms with van der Waals surface area (Å²) in [5, 5.41) is 0.520. The normalized spacial score (nSPS) is 11.9. The van der Waals surface area contributed by atoms with Gasteiger partial charge in [0.2, 0.25) is 8.32 Å². The number of benzene rings is 2. The largest absolute Gasteiger partial charge is 0.543 e. The lowest BCUT2D eigenvalue weighted by Crippen LogP contribution is -2.43. The Morgan fingerprint density at radius 2 is 1.72 bits per heavy atom. The number of carbonyl (C=O) groups is 1. The van der Waals surface area contributed by atoms with Gasteiger partial charge in [-0.15, -0.1) is 0 Å². The highest BCUT2D eigenvalue weighted by molar-refractivity contribution is 6.74. The van der Waals surface area contributed by atoms with Gasteiger partial charge >= 0.3 is 5.97 Å². The zero-order valence-corrected chi connectivity index (χ0v) is 17.2. The van der Waals surface area contributed by atoms with E-state index in [9.17, 15) is 4.79 Å². The fourth-order valence-corrected chi connectivity index (χ4v) is 3.23. The van der Waals surface area contributed by atoms with Gasteiger partial charge < -0.3 is 9.16 Å². The van der Waals surface area contributed by atoms with Crippen LogP contribution in [0.4, 0.5) is 0 Å². The molecule has 0 bridgehead atoms. The van der Waals surface area contributed by atoms with Gasteiger partial charge in [0, 0.05) is 5.02 Å². The molecule has 2 aromatic rings. The average Bonchev–Trinajstić information content (AvgIpc) is 2.51. The molecule has 0 radical (unpaired) electrons. The quantitative estimate of drug-likeness (QED) is 0.468. The molecule has 0 aliphatic carbocycles. The molecule has 0 heterocycles. The smallest absolute Gasteiger partial charge is 0.338 e. The predicted molar refractivity (Wildman–Crippen MR) is 105 cm³/mol. The fraction of sp³-hybridized carbons (Fsp3) is 0.350. The number of ether oxygens (including phenoxy) is 1. The van der Waals surface area contributed by atoms with Crippen molar-refractivity contribution < 1.29 is 14.0 Å². The second-order valence-electron chi connectivity index (χ2n) is 7.60. The highest BCUT2D eigenvalue weighted by Crippen LogP contribution is 2.38. The van der Waals surface area contributed by atoms with Crippen LogP contribution in [0.1, 0.15) is 36.7 Å². The summed E-state index contributed by atoms with van der Waals surface area (Å²) in [6.45, 7) is 11.0. The Hall–Kier alpha value is -1.78. The summed E-state index contributed by atoms with van der Waals surface area (Å²) in [6, 6.07) is 14.6. The van der Waals surface area contributed by atoms with Crippen molar-refractivity contribution in [3.05, 3.63) is 64.7 Å². The van der Waals surface area contributed by atoms with Gasteiger partial charge in [-0.05, 0) is 41.9 Å². The summed E-state index contributed by atoms with van der Waals surface area (Å²) in [6.07, 6.45) is 0. The topological polar surface area (TPSA) is 35.5 Å². The van der Waals surface area contributed by atoms with Crippen LogP contribution in [-0.2, 0) is 11.3 Å². The molecule has 2 aromatic carbocycles. The van der Waals surface area contributed by atoms with Crippen LogP contribution in [0, 0.1) is 0 Å². The molecular formula is C20H25ClO3Si. The first-order valence-electron chi connectivity index (χ1n) is 8.29. The van der Waals surface area contributed by atoms with E-state index < -0.39 is 14.3 Å². The first-order valence-corrected chi connectivity index (χ1v) is 11.6. The third kappa shape index (κ3) is 5.35. The van der Waals surface area contributed by atoms with E-state index in [0.717, 1.165) is 5.56 Å². The summed E-state index contributed by atoms with van der Waals surface area (Å²) in [7, 11) is -2.01. The van der Waals surface area contributed by atoms with E-state index in [0.29, 0.717) is 16.3 Å².